The summed E-state index contributed by atoms with van der Waals surface area (Å²) in [5.74, 6) is 0.542. The second-order valence-corrected chi connectivity index (χ2v) is 3.83. The zero-order chi connectivity index (χ0) is 9.42. The summed E-state index contributed by atoms with van der Waals surface area (Å²) in [6.45, 7) is 0. The second-order valence-electron chi connectivity index (χ2n) is 3.52. The Balaban J connectivity index is 2.68. The summed E-state index contributed by atoms with van der Waals surface area (Å²) in [5.41, 5.74) is 3.50. The zero-order valence-corrected chi connectivity index (χ0v) is 8.60. The van der Waals surface area contributed by atoms with Gasteiger partial charge in [0.15, 0.2) is 0 Å². The number of aromatic nitrogens is 1. The van der Waals surface area contributed by atoms with Crippen LogP contribution >= 0.6 is 12.6 Å². The van der Waals surface area contributed by atoms with E-state index in [4.69, 9.17) is 0 Å². The van der Waals surface area contributed by atoms with Crippen LogP contribution in [0.1, 0.15) is 23.2 Å². The van der Waals surface area contributed by atoms with Gasteiger partial charge in [-0.15, -0.1) is 0 Å². The maximum Gasteiger partial charge on any atom is 0.254 e. The largest absolute Gasteiger partial charge is 0.315 e. The van der Waals surface area contributed by atoms with Gasteiger partial charge in [-0.2, -0.15) is 12.6 Å². The number of fused-ring (bicyclic) bond motifs is 1. The van der Waals surface area contributed by atoms with Crippen LogP contribution in [0.25, 0.3) is 0 Å². The van der Waals surface area contributed by atoms with Crippen molar-refractivity contribution in [2.24, 2.45) is 7.05 Å². The van der Waals surface area contributed by atoms with Crippen LogP contribution in [0.4, 0.5) is 0 Å². The van der Waals surface area contributed by atoms with Gasteiger partial charge in [0.1, 0.15) is 0 Å². The Morgan fingerprint density at radius 3 is 3.00 bits per heavy atom. The van der Waals surface area contributed by atoms with E-state index in [2.05, 4.69) is 12.6 Å². The third kappa shape index (κ3) is 1.31. The first-order chi connectivity index (χ1) is 6.24. The summed E-state index contributed by atoms with van der Waals surface area (Å²) in [6.07, 6.45) is 3.34. The highest BCUT2D eigenvalue weighted by molar-refractivity contribution is 7.79. The molecule has 2 nitrogen and oxygen atoms in total. The van der Waals surface area contributed by atoms with Gasteiger partial charge >= 0.3 is 0 Å². The number of thiol groups is 1. The van der Waals surface area contributed by atoms with Crippen molar-refractivity contribution in [2.45, 2.75) is 25.0 Å². The molecule has 1 aliphatic carbocycles. The van der Waals surface area contributed by atoms with E-state index in [1.54, 1.807) is 4.57 Å². The van der Waals surface area contributed by atoms with Gasteiger partial charge in [-0.05, 0) is 30.9 Å². The molecule has 1 heterocycles. The number of nitrogens with zero attached hydrogens (tertiary/aromatic N) is 1. The zero-order valence-electron chi connectivity index (χ0n) is 7.71. The Kier molecular flexibility index (Phi) is 2.20. The van der Waals surface area contributed by atoms with Gasteiger partial charge in [0, 0.05) is 24.1 Å². The highest BCUT2D eigenvalue weighted by atomic mass is 32.1. The quantitative estimate of drug-likeness (QED) is 0.670. The summed E-state index contributed by atoms with van der Waals surface area (Å²) in [5, 5.41) is 0. The number of rotatable bonds is 1. The Morgan fingerprint density at radius 2 is 2.31 bits per heavy atom. The van der Waals surface area contributed by atoms with Crippen molar-refractivity contribution in [3.05, 3.63) is 33.2 Å². The molecular weight excluding hydrogens is 182 g/mol. The van der Waals surface area contributed by atoms with E-state index in [1.807, 2.05) is 13.1 Å². The SMILES string of the molecule is Cn1c2c(cc(CS)c1=O)CCC2. The van der Waals surface area contributed by atoms with Crippen LogP contribution in [-0.2, 0) is 25.6 Å². The van der Waals surface area contributed by atoms with Crippen LogP contribution in [-0.4, -0.2) is 4.57 Å². The van der Waals surface area contributed by atoms with Gasteiger partial charge in [0.2, 0.25) is 0 Å². The first-order valence-electron chi connectivity index (χ1n) is 4.55. The number of pyridine rings is 1. The van der Waals surface area contributed by atoms with E-state index < -0.39 is 0 Å². The molecular formula is C10H13NOS. The average molecular weight is 195 g/mol. The summed E-state index contributed by atoms with van der Waals surface area (Å²) in [6, 6.07) is 2.03. The van der Waals surface area contributed by atoms with Crippen molar-refractivity contribution in [1.29, 1.82) is 0 Å². The topological polar surface area (TPSA) is 22.0 Å². The molecule has 0 atom stereocenters. The Labute approximate surface area is 83.0 Å². The van der Waals surface area contributed by atoms with E-state index >= 15 is 0 Å². The fraction of sp³-hybridized carbons (Fsp3) is 0.500. The van der Waals surface area contributed by atoms with Crippen molar-refractivity contribution in [2.75, 3.05) is 0 Å². The van der Waals surface area contributed by atoms with Gasteiger partial charge in [-0.25, -0.2) is 0 Å². The van der Waals surface area contributed by atoms with E-state index in [-0.39, 0.29) is 5.56 Å². The number of hydrogen-bond acceptors (Lipinski definition) is 2. The molecule has 13 heavy (non-hydrogen) atoms. The molecule has 1 aliphatic rings. The van der Waals surface area contributed by atoms with Crippen molar-refractivity contribution >= 4 is 12.6 Å². The summed E-state index contributed by atoms with van der Waals surface area (Å²) >= 11 is 4.15. The van der Waals surface area contributed by atoms with Gasteiger partial charge in [0.05, 0.1) is 0 Å². The molecule has 0 saturated carbocycles. The predicted molar refractivity (Wildman–Crippen MR) is 56.4 cm³/mol. The molecule has 0 unspecified atom stereocenters. The first kappa shape index (κ1) is 8.88. The molecule has 0 aliphatic heterocycles. The van der Waals surface area contributed by atoms with Gasteiger partial charge in [-0.1, -0.05) is 0 Å². The molecule has 0 fully saturated rings. The van der Waals surface area contributed by atoms with Gasteiger partial charge < -0.3 is 4.57 Å². The lowest BCUT2D eigenvalue weighted by molar-refractivity contribution is 0.771. The standard InChI is InChI=1S/C10H13NOS/c1-11-9-4-2-3-7(9)5-8(6-13)10(11)12/h5,13H,2-4,6H2,1H3. The highest BCUT2D eigenvalue weighted by Crippen LogP contribution is 2.20. The molecule has 2 rings (SSSR count). The normalized spacial score (nSPS) is 14.6. The number of hydrogen-bond donors (Lipinski definition) is 1. The fourth-order valence-electron chi connectivity index (χ4n) is 2.01. The van der Waals surface area contributed by atoms with E-state index in [0.717, 1.165) is 18.4 Å². The van der Waals surface area contributed by atoms with Gasteiger partial charge in [-0.3, -0.25) is 4.79 Å². The molecule has 0 amide bonds. The van der Waals surface area contributed by atoms with Crippen LogP contribution in [0.3, 0.4) is 0 Å². The molecule has 0 radical (unpaired) electrons. The summed E-state index contributed by atoms with van der Waals surface area (Å²) in [4.78, 5) is 11.7. The van der Waals surface area contributed by atoms with E-state index in [1.165, 1.54) is 17.7 Å². The lowest BCUT2D eigenvalue weighted by Crippen LogP contribution is -2.23. The Bertz CT molecular complexity index is 395. The lowest BCUT2D eigenvalue weighted by atomic mass is 10.1. The third-order valence-electron chi connectivity index (χ3n) is 2.73. The van der Waals surface area contributed by atoms with Crippen LogP contribution in [0.15, 0.2) is 10.9 Å². The smallest absolute Gasteiger partial charge is 0.254 e. The monoisotopic (exact) mass is 195 g/mol. The fourth-order valence-corrected chi connectivity index (χ4v) is 2.24. The summed E-state index contributed by atoms with van der Waals surface area (Å²) in [7, 11) is 1.86. The van der Waals surface area contributed by atoms with Crippen molar-refractivity contribution in [3.63, 3.8) is 0 Å². The molecule has 0 N–H and O–H groups in total. The molecule has 0 saturated heterocycles. The predicted octanol–water partition coefficient (Wildman–Crippen LogP) is 1.30. The minimum absolute atomic E-state index is 0.121. The lowest BCUT2D eigenvalue weighted by Gasteiger charge is -2.08. The molecule has 3 heteroatoms. The van der Waals surface area contributed by atoms with Crippen molar-refractivity contribution < 1.29 is 0 Å². The molecule has 1 aromatic heterocycles. The molecule has 70 valence electrons. The minimum Gasteiger partial charge on any atom is -0.315 e. The van der Waals surface area contributed by atoms with Gasteiger partial charge in [0.25, 0.3) is 5.56 Å². The first-order valence-corrected chi connectivity index (χ1v) is 5.19. The van der Waals surface area contributed by atoms with Crippen molar-refractivity contribution in [1.82, 2.24) is 4.57 Å². The van der Waals surface area contributed by atoms with Crippen molar-refractivity contribution in [3.8, 4) is 0 Å². The summed E-state index contributed by atoms with van der Waals surface area (Å²) < 4.78 is 1.79. The maximum atomic E-state index is 11.7. The second kappa shape index (κ2) is 3.22. The van der Waals surface area contributed by atoms with E-state index in [9.17, 15) is 4.79 Å². The van der Waals surface area contributed by atoms with E-state index in [0.29, 0.717) is 5.75 Å². The maximum absolute atomic E-state index is 11.7. The average Bonchev–Trinajstić information content (AvgIpc) is 2.59. The Morgan fingerprint density at radius 1 is 1.54 bits per heavy atom. The number of aryl methyl sites for hydroxylation is 1. The third-order valence-corrected chi connectivity index (χ3v) is 3.07. The Hall–Kier alpha value is -0.700. The minimum atomic E-state index is 0.121. The molecule has 0 aromatic carbocycles. The van der Waals surface area contributed by atoms with Crippen LogP contribution in [0.5, 0.6) is 0 Å². The molecule has 1 aromatic rings. The highest BCUT2D eigenvalue weighted by Gasteiger charge is 2.16. The van der Waals surface area contributed by atoms with Crippen LogP contribution in [0, 0.1) is 0 Å². The molecule has 0 spiro atoms. The van der Waals surface area contributed by atoms with Crippen LogP contribution in [0.2, 0.25) is 0 Å². The molecule has 0 bridgehead atoms. The van der Waals surface area contributed by atoms with Crippen LogP contribution < -0.4 is 5.56 Å².